The second-order valence-corrected chi connectivity index (χ2v) is 8.67. The van der Waals surface area contributed by atoms with Gasteiger partial charge in [-0.1, -0.05) is 6.07 Å². The maximum absolute atomic E-state index is 12.5. The highest BCUT2D eigenvalue weighted by Gasteiger charge is 2.50. The Balaban J connectivity index is 1.38. The molecule has 0 aliphatic carbocycles. The molecule has 122 valence electrons. The van der Waals surface area contributed by atoms with Gasteiger partial charge in [0.15, 0.2) is 0 Å². The van der Waals surface area contributed by atoms with Crippen LogP contribution in [0.3, 0.4) is 0 Å². The summed E-state index contributed by atoms with van der Waals surface area (Å²) in [5.41, 5.74) is 1.39. The van der Waals surface area contributed by atoms with Crippen LogP contribution in [0, 0.1) is 6.92 Å². The Morgan fingerprint density at radius 2 is 2.22 bits per heavy atom. The summed E-state index contributed by atoms with van der Waals surface area (Å²) in [6.45, 7) is 5.90. The maximum atomic E-state index is 12.5. The molecule has 1 amide bonds. The summed E-state index contributed by atoms with van der Waals surface area (Å²) in [6, 6.07) is 4.07. The van der Waals surface area contributed by atoms with Crippen molar-refractivity contribution in [3.63, 3.8) is 0 Å². The van der Waals surface area contributed by atoms with E-state index in [4.69, 9.17) is 0 Å². The van der Waals surface area contributed by atoms with Crippen LogP contribution < -0.4 is 0 Å². The SMILES string of the molecule is Cc1nc(CN2CC[C@]23CCN(C(=O)Cc2cccs2)C3)cs1. The predicted octanol–water partition coefficient (Wildman–Crippen LogP) is 2.93. The van der Waals surface area contributed by atoms with E-state index >= 15 is 0 Å². The van der Waals surface area contributed by atoms with Crippen molar-refractivity contribution in [2.45, 2.75) is 38.3 Å². The fourth-order valence-corrected chi connectivity index (χ4v) is 5.01. The molecule has 0 saturated carbocycles. The molecule has 2 aromatic rings. The van der Waals surface area contributed by atoms with E-state index in [9.17, 15) is 4.79 Å². The summed E-state index contributed by atoms with van der Waals surface area (Å²) in [5, 5.41) is 5.34. The van der Waals surface area contributed by atoms with Crippen molar-refractivity contribution in [1.82, 2.24) is 14.8 Å². The van der Waals surface area contributed by atoms with Gasteiger partial charge in [-0.3, -0.25) is 9.69 Å². The average Bonchev–Trinajstić information content (AvgIpc) is 3.24. The van der Waals surface area contributed by atoms with Crippen molar-refractivity contribution >= 4 is 28.6 Å². The van der Waals surface area contributed by atoms with E-state index < -0.39 is 0 Å². The van der Waals surface area contributed by atoms with Crippen LogP contribution in [0.15, 0.2) is 22.9 Å². The molecule has 1 spiro atoms. The highest BCUT2D eigenvalue weighted by Crippen LogP contribution is 2.40. The first-order chi connectivity index (χ1) is 11.1. The fraction of sp³-hybridized carbons (Fsp3) is 0.529. The number of thiophene rings is 1. The molecule has 23 heavy (non-hydrogen) atoms. The fourth-order valence-electron chi connectivity index (χ4n) is 3.71. The molecular weight excluding hydrogens is 326 g/mol. The van der Waals surface area contributed by atoms with Gasteiger partial charge in [0.05, 0.1) is 17.1 Å². The van der Waals surface area contributed by atoms with Gasteiger partial charge >= 0.3 is 0 Å². The van der Waals surface area contributed by atoms with E-state index in [1.165, 1.54) is 17.0 Å². The summed E-state index contributed by atoms with van der Waals surface area (Å²) < 4.78 is 0. The van der Waals surface area contributed by atoms with Crippen LogP contribution in [-0.2, 0) is 17.8 Å². The Kier molecular flexibility index (Phi) is 3.99. The van der Waals surface area contributed by atoms with E-state index in [-0.39, 0.29) is 11.4 Å². The lowest BCUT2D eigenvalue weighted by Gasteiger charge is -2.50. The standard InChI is InChI=1S/C17H21N3OS2/c1-13-18-14(11-23-13)10-20-7-5-17(20)4-6-19(12-17)16(21)9-15-3-2-8-22-15/h2-3,8,11H,4-7,9-10,12H2,1H3/t17-/m0/s1. The number of nitrogens with zero attached hydrogens (tertiary/aromatic N) is 3. The molecule has 6 heteroatoms. The van der Waals surface area contributed by atoms with Crippen LogP contribution in [0.4, 0.5) is 0 Å². The minimum atomic E-state index is 0.211. The van der Waals surface area contributed by atoms with E-state index in [0.717, 1.165) is 37.6 Å². The van der Waals surface area contributed by atoms with Gasteiger partial charge < -0.3 is 4.90 Å². The van der Waals surface area contributed by atoms with Gasteiger partial charge in [0.25, 0.3) is 0 Å². The number of rotatable bonds is 4. The number of thiazole rings is 1. The van der Waals surface area contributed by atoms with E-state index in [1.807, 2.05) is 11.4 Å². The molecule has 0 unspecified atom stereocenters. The minimum Gasteiger partial charge on any atom is -0.340 e. The molecule has 2 saturated heterocycles. The predicted molar refractivity (Wildman–Crippen MR) is 93.8 cm³/mol. The second kappa shape index (κ2) is 6.00. The topological polar surface area (TPSA) is 36.4 Å². The number of likely N-dealkylation sites (tertiary alicyclic amines) is 2. The number of hydrogen-bond acceptors (Lipinski definition) is 5. The highest BCUT2D eigenvalue weighted by molar-refractivity contribution is 7.10. The summed E-state index contributed by atoms with van der Waals surface area (Å²) in [4.78, 5) is 22.9. The van der Waals surface area contributed by atoms with Crippen molar-refractivity contribution in [1.29, 1.82) is 0 Å². The summed E-state index contributed by atoms with van der Waals surface area (Å²) in [7, 11) is 0. The molecule has 2 aliphatic rings. The molecule has 0 radical (unpaired) electrons. The molecule has 2 aromatic heterocycles. The van der Waals surface area contributed by atoms with Crippen LogP contribution in [0.25, 0.3) is 0 Å². The van der Waals surface area contributed by atoms with Gasteiger partial charge in [-0.2, -0.15) is 0 Å². The molecule has 4 nitrogen and oxygen atoms in total. The van der Waals surface area contributed by atoms with Gasteiger partial charge in [-0.05, 0) is 31.2 Å². The molecular formula is C17H21N3OS2. The lowest BCUT2D eigenvalue weighted by Crippen LogP contribution is -2.60. The van der Waals surface area contributed by atoms with Crippen molar-refractivity contribution in [3.05, 3.63) is 38.5 Å². The Bertz CT molecular complexity index is 697. The van der Waals surface area contributed by atoms with Gasteiger partial charge in [-0.15, -0.1) is 22.7 Å². The highest BCUT2D eigenvalue weighted by atomic mass is 32.1. The molecule has 4 heterocycles. The van der Waals surface area contributed by atoms with Crippen LogP contribution in [0.1, 0.15) is 28.4 Å². The first kappa shape index (κ1) is 15.3. The number of carbonyl (C=O) groups is 1. The normalized spacial score (nSPS) is 24.3. The molecule has 1 atom stereocenters. The summed E-state index contributed by atoms with van der Waals surface area (Å²) in [5.74, 6) is 0.278. The first-order valence-corrected chi connectivity index (χ1v) is 9.87. The van der Waals surface area contributed by atoms with Crippen LogP contribution >= 0.6 is 22.7 Å². The Morgan fingerprint density at radius 3 is 2.87 bits per heavy atom. The number of aromatic nitrogens is 1. The Labute approximate surface area is 144 Å². The molecule has 0 N–H and O–H groups in total. The summed E-state index contributed by atoms with van der Waals surface area (Å²) in [6.07, 6.45) is 2.87. The van der Waals surface area contributed by atoms with E-state index in [2.05, 4.69) is 33.2 Å². The van der Waals surface area contributed by atoms with E-state index in [0.29, 0.717) is 6.42 Å². The third-order valence-corrected chi connectivity index (χ3v) is 6.83. The van der Waals surface area contributed by atoms with Crippen molar-refractivity contribution < 1.29 is 4.79 Å². The van der Waals surface area contributed by atoms with Crippen LogP contribution in [-0.4, -0.2) is 45.9 Å². The molecule has 2 fully saturated rings. The van der Waals surface area contributed by atoms with Gasteiger partial charge in [0.2, 0.25) is 5.91 Å². The van der Waals surface area contributed by atoms with Gasteiger partial charge in [0.1, 0.15) is 0 Å². The number of aryl methyl sites for hydroxylation is 1. The first-order valence-electron chi connectivity index (χ1n) is 8.11. The number of hydrogen-bond donors (Lipinski definition) is 0. The monoisotopic (exact) mass is 347 g/mol. The molecule has 0 aromatic carbocycles. The zero-order chi connectivity index (χ0) is 15.9. The number of amides is 1. The molecule has 4 rings (SSSR count). The van der Waals surface area contributed by atoms with Gasteiger partial charge in [-0.25, -0.2) is 4.98 Å². The lowest BCUT2D eigenvalue weighted by molar-refractivity contribution is -0.130. The zero-order valence-electron chi connectivity index (χ0n) is 13.3. The largest absolute Gasteiger partial charge is 0.340 e. The Hall–Kier alpha value is -1.24. The van der Waals surface area contributed by atoms with Crippen LogP contribution in [0.2, 0.25) is 0 Å². The number of carbonyl (C=O) groups excluding carboxylic acids is 1. The smallest absolute Gasteiger partial charge is 0.227 e. The average molecular weight is 348 g/mol. The maximum Gasteiger partial charge on any atom is 0.227 e. The van der Waals surface area contributed by atoms with Crippen molar-refractivity contribution in [3.8, 4) is 0 Å². The van der Waals surface area contributed by atoms with Gasteiger partial charge in [0, 0.05) is 42.0 Å². The van der Waals surface area contributed by atoms with Crippen molar-refractivity contribution in [2.24, 2.45) is 0 Å². The van der Waals surface area contributed by atoms with E-state index in [1.54, 1.807) is 22.7 Å². The third-order valence-electron chi connectivity index (χ3n) is 5.13. The summed E-state index contributed by atoms with van der Waals surface area (Å²) >= 11 is 3.39. The third kappa shape index (κ3) is 2.95. The minimum absolute atomic E-state index is 0.211. The quantitative estimate of drug-likeness (QED) is 0.853. The lowest BCUT2D eigenvalue weighted by atomic mass is 9.83. The molecule has 0 bridgehead atoms. The second-order valence-electron chi connectivity index (χ2n) is 6.58. The van der Waals surface area contributed by atoms with Crippen molar-refractivity contribution in [2.75, 3.05) is 19.6 Å². The molecule has 2 aliphatic heterocycles. The zero-order valence-corrected chi connectivity index (χ0v) is 15.0. The van der Waals surface area contributed by atoms with Crippen LogP contribution in [0.5, 0.6) is 0 Å². The Morgan fingerprint density at radius 1 is 1.35 bits per heavy atom.